The lowest BCUT2D eigenvalue weighted by molar-refractivity contribution is -0.140. The van der Waals surface area contributed by atoms with E-state index in [4.69, 9.17) is 4.74 Å². The zero-order chi connectivity index (χ0) is 24.2. The van der Waals surface area contributed by atoms with Gasteiger partial charge >= 0.3 is 12.1 Å². The van der Waals surface area contributed by atoms with Crippen LogP contribution in [0.25, 0.3) is 11.1 Å². The van der Waals surface area contributed by atoms with E-state index in [9.17, 15) is 19.5 Å². The number of carboxylic acids is 1. The summed E-state index contributed by atoms with van der Waals surface area (Å²) in [6.45, 7) is 4.34. The Balaban J connectivity index is 1.39. The van der Waals surface area contributed by atoms with E-state index in [1.165, 1.54) is 0 Å². The second kappa shape index (κ2) is 10.3. The second-order valence-electron chi connectivity index (χ2n) is 9.34. The van der Waals surface area contributed by atoms with Gasteiger partial charge in [0.15, 0.2) is 0 Å². The van der Waals surface area contributed by atoms with Crippen molar-refractivity contribution in [3.63, 3.8) is 0 Å². The summed E-state index contributed by atoms with van der Waals surface area (Å²) in [5.74, 6) is -0.906. The molecule has 34 heavy (non-hydrogen) atoms. The maximum absolute atomic E-state index is 12.9. The summed E-state index contributed by atoms with van der Waals surface area (Å²) in [5.41, 5.74) is 4.40. The van der Waals surface area contributed by atoms with E-state index in [0.717, 1.165) is 41.5 Å². The summed E-state index contributed by atoms with van der Waals surface area (Å²) in [5, 5.41) is 14.7. The maximum atomic E-state index is 12.9. The Morgan fingerprint density at radius 3 is 2.21 bits per heavy atom. The number of amides is 2. The SMILES string of the molecule is CCC1CCC(NC(=O)C(CC(=O)O)NC(=O)OCC2c3ccccc3-c3ccccc32)C1C. The van der Waals surface area contributed by atoms with Crippen LogP contribution in [0.1, 0.15) is 56.6 Å². The van der Waals surface area contributed by atoms with Crippen LogP contribution in [0.5, 0.6) is 0 Å². The lowest BCUT2D eigenvalue weighted by Crippen LogP contribution is -2.51. The molecule has 0 saturated heterocycles. The van der Waals surface area contributed by atoms with E-state index in [1.54, 1.807) is 0 Å². The van der Waals surface area contributed by atoms with Crippen molar-refractivity contribution in [2.75, 3.05) is 6.61 Å². The molecule has 2 amide bonds. The molecule has 1 saturated carbocycles. The first kappa shape index (κ1) is 23.8. The molecule has 1 fully saturated rings. The summed E-state index contributed by atoms with van der Waals surface area (Å²) < 4.78 is 5.50. The molecule has 2 aliphatic carbocycles. The largest absolute Gasteiger partial charge is 0.481 e. The first-order valence-electron chi connectivity index (χ1n) is 12.0. The number of ether oxygens (including phenoxy) is 1. The second-order valence-corrected chi connectivity index (χ2v) is 9.34. The Hall–Kier alpha value is -3.35. The van der Waals surface area contributed by atoms with Crippen molar-refractivity contribution in [1.29, 1.82) is 0 Å². The molecule has 2 aromatic rings. The van der Waals surface area contributed by atoms with Crippen molar-refractivity contribution in [3.05, 3.63) is 59.7 Å². The number of hydrogen-bond acceptors (Lipinski definition) is 4. The van der Waals surface area contributed by atoms with Crippen molar-refractivity contribution >= 4 is 18.0 Å². The molecule has 0 bridgehead atoms. The van der Waals surface area contributed by atoms with E-state index < -0.39 is 30.4 Å². The van der Waals surface area contributed by atoms with Gasteiger partial charge in [0.1, 0.15) is 12.6 Å². The van der Waals surface area contributed by atoms with Crippen LogP contribution in [-0.4, -0.2) is 41.8 Å². The van der Waals surface area contributed by atoms with Gasteiger partial charge in [-0.05, 0) is 46.9 Å². The van der Waals surface area contributed by atoms with Gasteiger partial charge in [-0.25, -0.2) is 4.79 Å². The fourth-order valence-corrected chi connectivity index (χ4v) is 5.48. The average Bonchev–Trinajstić information content (AvgIpc) is 3.34. The quantitative estimate of drug-likeness (QED) is 0.540. The number of aliphatic carboxylic acids is 1. The molecular formula is C27H32N2O5. The number of hydrogen-bond donors (Lipinski definition) is 3. The van der Waals surface area contributed by atoms with E-state index in [-0.39, 0.29) is 18.6 Å². The molecule has 2 aliphatic rings. The summed E-state index contributed by atoms with van der Waals surface area (Å²) in [7, 11) is 0. The van der Waals surface area contributed by atoms with Crippen LogP contribution in [0.15, 0.2) is 48.5 Å². The van der Waals surface area contributed by atoms with Gasteiger partial charge < -0.3 is 20.5 Å². The van der Waals surface area contributed by atoms with Gasteiger partial charge in [-0.2, -0.15) is 0 Å². The molecule has 7 nitrogen and oxygen atoms in total. The summed E-state index contributed by atoms with van der Waals surface area (Å²) >= 11 is 0. The van der Waals surface area contributed by atoms with Gasteiger partial charge in [0.25, 0.3) is 0 Å². The summed E-state index contributed by atoms with van der Waals surface area (Å²) in [6.07, 6.45) is 1.63. The molecule has 0 aromatic heterocycles. The maximum Gasteiger partial charge on any atom is 0.407 e. The van der Waals surface area contributed by atoms with E-state index in [2.05, 4.69) is 36.6 Å². The van der Waals surface area contributed by atoms with Crippen LogP contribution >= 0.6 is 0 Å². The Morgan fingerprint density at radius 1 is 1.03 bits per heavy atom. The molecule has 4 rings (SSSR count). The molecule has 180 valence electrons. The van der Waals surface area contributed by atoms with E-state index in [1.807, 2.05) is 36.4 Å². The third-order valence-electron chi connectivity index (χ3n) is 7.41. The van der Waals surface area contributed by atoms with Crippen molar-refractivity contribution in [3.8, 4) is 11.1 Å². The monoisotopic (exact) mass is 464 g/mol. The molecule has 0 spiro atoms. The number of fused-ring (bicyclic) bond motifs is 3. The number of alkyl carbamates (subject to hydrolysis) is 1. The first-order chi connectivity index (χ1) is 16.4. The van der Waals surface area contributed by atoms with Crippen LogP contribution in [-0.2, 0) is 14.3 Å². The van der Waals surface area contributed by atoms with Crippen LogP contribution in [0.4, 0.5) is 4.79 Å². The number of carbonyl (C=O) groups excluding carboxylic acids is 2. The van der Waals surface area contributed by atoms with Crippen molar-refractivity contribution < 1.29 is 24.2 Å². The molecule has 4 unspecified atom stereocenters. The minimum Gasteiger partial charge on any atom is -0.481 e. The predicted octanol–water partition coefficient (Wildman–Crippen LogP) is 4.31. The predicted molar refractivity (Wildman–Crippen MR) is 128 cm³/mol. The highest BCUT2D eigenvalue weighted by atomic mass is 16.5. The number of carboxylic acid groups (broad SMARTS) is 1. The normalized spacial score (nSPS) is 21.9. The average molecular weight is 465 g/mol. The Kier molecular flexibility index (Phi) is 7.20. The molecular weight excluding hydrogens is 432 g/mol. The lowest BCUT2D eigenvalue weighted by Gasteiger charge is -2.24. The highest BCUT2D eigenvalue weighted by molar-refractivity contribution is 5.89. The van der Waals surface area contributed by atoms with Crippen LogP contribution in [0, 0.1) is 11.8 Å². The third kappa shape index (κ3) is 4.93. The number of nitrogens with one attached hydrogen (secondary N) is 2. The minimum atomic E-state index is -1.19. The van der Waals surface area contributed by atoms with Crippen LogP contribution in [0.3, 0.4) is 0 Å². The van der Waals surface area contributed by atoms with Crippen LogP contribution in [0.2, 0.25) is 0 Å². The summed E-state index contributed by atoms with van der Waals surface area (Å²) in [6, 6.07) is 14.8. The molecule has 4 atom stereocenters. The zero-order valence-electron chi connectivity index (χ0n) is 19.6. The first-order valence-corrected chi connectivity index (χ1v) is 12.0. The number of benzene rings is 2. The smallest absolute Gasteiger partial charge is 0.407 e. The van der Waals surface area contributed by atoms with Crippen molar-refractivity contribution in [1.82, 2.24) is 10.6 Å². The highest BCUT2D eigenvalue weighted by Gasteiger charge is 2.35. The Bertz CT molecular complexity index is 1020. The van der Waals surface area contributed by atoms with Gasteiger partial charge in [-0.3, -0.25) is 9.59 Å². The van der Waals surface area contributed by atoms with Crippen molar-refractivity contribution in [2.24, 2.45) is 11.8 Å². The minimum absolute atomic E-state index is 0.0157. The fraction of sp³-hybridized carbons (Fsp3) is 0.444. The molecule has 2 aromatic carbocycles. The van der Waals surface area contributed by atoms with E-state index in [0.29, 0.717) is 11.8 Å². The molecule has 0 aliphatic heterocycles. The van der Waals surface area contributed by atoms with Gasteiger partial charge in [0.2, 0.25) is 5.91 Å². The third-order valence-corrected chi connectivity index (χ3v) is 7.41. The standard InChI is InChI=1S/C27H32N2O5/c1-3-17-12-13-23(16(17)2)28-26(32)24(14-25(30)31)29-27(33)34-15-22-20-10-6-4-8-18(20)19-9-5-7-11-21(19)22/h4-11,16-17,22-24H,3,12-15H2,1-2H3,(H,28,32)(H,29,33)(H,30,31). The lowest BCUT2D eigenvalue weighted by atomic mass is 9.93. The Morgan fingerprint density at radius 2 is 1.65 bits per heavy atom. The fourth-order valence-electron chi connectivity index (χ4n) is 5.48. The van der Waals surface area contributed by atoms with E-state index >= 15 is 0 Å². The van der Waals surface area contributed by atoms with Gasteiger partial charge in [0.05, 0.1) is 6.42 Å². The molecule has 7 heteroatoms. The molecule has 0 radical (unpaired) electrons. The van der Waals surface area contributed by atoms with Crippen molar-refractivity contribution in [2.45, 2.75) is 57.5 Å². The molecule has 3 N–H and O–H groups in total. The van der Waals surface area contributed by atoms with Gasteiger partial charge in [0, 0.05) is 12.0 Å². The van der Waals surface area contributed by atoms with Gasteiger partial charge in [-0.15, -0.1) is 0 Å². The molecule has 0 heterocycles. The number of rotatable bonds is 8. The van der Waals surface area contributed by atoms with Gasteiger partial charge in [-0.1, -0.05) is 68.8 Å². The highest BCUT2D eigenvalue weighted by Crippen LogP contribution is 2.44. The number of carbonyl (C=O) groups is 3. The Labute approximate surface area is 199 Å². The topological polar surface area (TPSA) is 105 Å². The van der Waals surface area contributed by atoms with Crippen LogP contribution < -0.4 is 10.6 Å². The summed E-state index contributed by atoms with van der Waals surface area (Å²) in [4.78, 5) is 36.8. The zero-order valence-corrected chi connectivity index (χ0v) is 19.6.